The average Bonchev–Trinajstić information content (AvgIpc) is 3.31. The van der Waals surface area contributed by atoms with Gasteiger partial charge in [0.2, 0.25) is 18.2 Å². The van der Waals surface area contributed by atoms with Crippen LogP contribution in [0.2, 0.25) is 0 Å². The van der Waals surface area contributed by atoms with Gasteiger partial charge in [0.1, 0.15) is 46.0 Å². The number of pyridine rings is 2. The normalized spacial score (nSPS) is 12.0. The SMILES string of the molecule is CN(C)C=O.COc1cc2c(cc1OC)CN(C(=O)CSc1nc(N)c(C#N)cc1C#N)CC2.COc1cc2c(cc1OC)CN(C(=O)CSc1nc(N)c(C#N)cc1C#N)CC2. The summed E-state index contributed by atoms with van der Waals surface area (Å²) >= 11 is 2.29. The molecular weight excluding hydrogens is 847 g/mol. The number of amides is 3. The maximum Gasteiger partial charge on any atom is 0.233 e. The van der Waals surface area contributed by atoms with Gasteiger partial charge in [-0.05, 0) is 71.5 Å². The number of methoxy groups -OCH3 is 4. The highest BCUT2D eigenvalue weighted by molar-refractivity contribution is 8.00. The van der Waals surface area contributed by atoms with Crippen LogP contribution in [0, 0.1) is 45.3 Å². The zero-order chi connectivity index (χ0) is 46.2. The summed E-state index contributed by atoms with van der Waals surface area (Å²) in [6, 6.07) is 18.3. The minimum atomic E-state index is -0.0657. The zero-order valence-corrected chi connectivity index (χ0v) is 37.2. The van der Waals surface area contributed by atoms with E-state index in [0.29, 0.717) is 59.2 Å². The maximum absolute atomic E-state index is 12.7. The second-order valence-electron chi connectivity index (χ2n) is 13.7. The second kappa shape index (κ2) is 23.0. The van der Waals surface area contributed by atoms with Crippen LogP contribution >= 0.6 is 23.5 Å². The molecule has 2 aromatic heterocycles. The number of thioether (sulfide) groups is 2. The van der Waals surface area contributed by atoms with E-state index in [-0.39, 0.29) is 57.2 Å². The van der Waals surface area contributed by atoms with Crippen LogP contribution in [-0.4, -0.2) is 110 Å². The van der Waals surface area contributed by atoms with Crippen LogP contribution in [0.3, 0.4) is 0 Å². The molecular formula is C43H45N11O7S2. The summed E-state index contributed by atoms with van der Waals surface area (Å²) in [7, 11) is 9.73. The van der Waals surface area contributed by atoms with Crippen LogP contribution in [0.1, 0.15) is 44.5 Å². The molecule has 20 heteroatoms. The molecule has 2 aromatic carbocycles. The van der Waals surface area contributed by atoms with Crippen molar-refractivity contribution in [3.63, 3.8) is 0 Å². The first-order valence-corrected chi connectivity index (χ1v) is 20.9. The Labute approximate surface area is 373 Å². The van der Waals surface area contributed by atoms with Crippen LogP contribution in [0.4, 0.5) is 11.6 Å². The third-order valence-corrected chi connectivity index (χ3v) is 11.5. The Morgan fingerprint density at radius 3 is 1.24 bits per heavy atom. The van der Waals surface area contributed by atoms with E-state index in [1.165, 1.54) is 17.0 Å². The molecule has 6 rings (SSSR count). The Bertz CT molecular complexity index is 2360. The van der Waals surface area contributed by atoms with Gasteiger partial charge in [-0.25, -0.2) is 9.97 Å². The molecule has 4 heterocycles. The monoisotopic (exact) mass is 891 g/mol. The number of anilines is 2. The Balaban J connectivity index is 0.000000250. The number of nitriles is 4. The molecule has 0 atom stereocenters. The van der Waals surface area contributed by atoms with Crippen LogP contribution in [0.25, 0.3) is 0 Å². The van der Waals surface area contributed by atoms with Gasteiger partial charge in [0.05, 0.1) is 62.2 Å². The van der Waals surface area contributed by atoms with Crippen molar-refractivity contribution >= 4 is 53.4 Å². The van der Waals surface area contributed by atoms with E-state index in [0.717, 1.165) is 65.0 Å². The summed E-state index contributed by atoms with van der Waals surface area (Å²) in [6.07, 6.45) is 2.19. The largest absolute Gasteiger partial charge is 0.493 e. The molecule has 4 N–H and O–H groups in total. The fourth-order valence-electron chi connectivity index (χ4n) is 6.21. The number of nitrogens with two attached hydrogens (primary N) is 2. The molecule has 0 bridgehead atoms. The van der Waals surface area contributed by atoms with Gasteiger partial charge in [-0.2, -0.15) is 21.0 Å². The Morgan fingerprint density at radius 2 is 0.952 bits per heavy atom. The molecule has 0 spiro atoms. The number of carbonyl (C=O) groups is 3. The van der Waals surface area contributed by atoms with Crippen molar-refractivity contribution in [2.45, 2.75) is 36.0 Å². The standard InChI is InChI=1S/2C20H19N5O3S.C3H7NO/c2*1-27-16-6-12-3-4-25(10-15(12)7-17(16)28-2)18(26)11-29-20-14(9-22)5-13(8-21)19(23)24-20;1-4(2)3-5/h2*5-7H,3-4,10-11H2,1-2H3,(H2,23,24);3H,1-2H3. The van der Waals surface area contributed by atoms with Crippen molar-refractivity contribution in [2.75, 3.05) is 78.6 Å². The molecule has 0 radical (unpaired) electrons. The summed E-state index contributed by atoms with van der Waals surface area (Å²) in [5.41, 5.74) is 16.5. The number of carbonyl (C=O) groups excluding carboxylic acids is 3. The van der Waals surface area contributed by atoms with E-state index in [9.17, 15) is 24.9 Å². The third kappa shape index (κ3) is 12.4. The molecule has 0 saturated carbocycles. The molecule has 18 nitrogen and oxygen atoms in total. The van der Waals surface area contributed by atoms with Crippen molar-refractivity contribution in [1.82, 2.24) is 24.7 Å². The molecule has 3 amide bonds. The average molecular weight is 892 g/mol. The number of aromatic nitrogens is 2. The molecule has 63 heavy (non-hydrogen) atoms. The van der Waals surface area contributed by atoms with Crippen LogP contribution in [0.15, 0.2) is 46.5 Å². The van der Waals surface area contributed by atoms with Crippen molar-refractivity contribution in [2.24, 2.45) is 0 Å². The minimum Gasteiger partial charge on any atom is -0.493 e. The molecule has 2 aliphatic rings. The first-order chi connectivity index (χ1) is 30.3. The quantitative estimate of drug-likeness (QED) is 0.160. The smallest absolute Gasteiger partial charge is 0.233 e. The zero-order valence-electron chi connectivity index (χ0n) is 35.6. The number of hydrogen-bond acceptors (Lipinski definition) is 17. The first-order valence-electron chi connectivity index (χ1n) is 18.9. The predicted molar refractivity (Wildman–Crippen MR) is 235 cm³/mol. The van der Waals surface area contributed by atoms with Gasteiger partial charge < -0.3 is 45.1 Å². The summed E-state index contributed by atoms with van der Waals surface area (Å²) in [5, 5.41) is 37.3. The number of fused-ring (bicyclic) bond motifs is 2. The maximum atomic E-state index is 12.7. The van der Waals surface area contributed by atoms with E-state index in [1.807, 2.05) is 48.5 Å². The second-order valence-corrected chi connectivity index (χ2v) is 15.7. The van der Waals surface area contributed by atoms with E-state index >= 15 is 0 Å². The van der Waals surface area contributed by atoms with E-state index in [2.05, 4.69) is 9.97 Å². The number of nitrogens with zero attached hydrogens (tertiary/aromatic N) is 9. The third-order valence-electron chi connectivity index (χ3n) is 9.53. The first kappa shape index (κ1) is 48.3. The molecule has 4 aromatic rings. The number of ether oxygens (including phenoxy) is 4. The molecule has 326 valence electrons. The van der Waals surface area contributed by atoms with Gasteiger partial charge in [0.15, 0.2) is 23.0 Å². The topological polar surface area (TPSA) is 271 Å². The van der Waals surface area contributed by atoms with Crippen LogP contribution < -0.4 is 30.4 Å². The van der Waals surface area contributed by atoms with Gasteiger partial charge in [0, 0.05) is 40.3 Å². The lowest BCUT2D eigenvalue weighted by Crippen LogP contribution is -2.37. The molecule has 0 fully saturated rings. The van der Waals surface area contributed by atoms with Crippen molar-refractivity contribution < 1.29 is 33.3 Å². The highest BCUT2D eigenvalue weighted by Gasteiger charge is 2.25. The summed E-state index contributed by atoms with van der Waals surface area (Å²) in [6.45, 7) is 2.14. The highest BCUT2D eigenvalue weighted by Crippen LogP contribution is 2.35. The summed E-state index contributed by atoms with van der Waals surface area (Å²) < 4.78 is 21.4. The van der Waals surface area contributed by atoms with Crippen molar-refractivity contribution in [3.05, 3.63) is 80.9 Å². The lowest BCUT2D eigenvalue weighted by molar-refractivity contribution is -0.130. The molecule has 0 unspecified atom stereocenters. The van der Waals surface area contributed by atoms with Crippen LogP contribution in [-0.2, 0) is 40.3 Å². The van der Waals surface area contributed by atoms with Gasteiger partial charge in [0.25, 0.3) is 0 Å². The molecule has 0 aliphatic carbocycles. The fourth-order valence-corrected chi connectivity index (χ4v) is 7.95. The number of nitrogen functional groups attached to an aromatic ring is 2. The van der Waals surface area contributed by atoms with Crippen molar-refractivity contribution in [1.29, 1.82) is 21.0 Å². The van der Waals surface area contributed by atoms with Gasteiger partial charge >= 0.3 is 0 Å². The Hall–Kier alpha value is -7.39. The lowest BCUT2D eigenvalue weighted by Gasteiger charge is -2.29. The van der Waals surface area contributed by atoms with Crippen molar-refractivity contribution in [3.8, 4) is 47.3 Å². The van der Waals surface area contributed by atoms with E-state index < -0.39 is 0 Å². The number of hydrogen-bond donors (Lipinski definition) is 2. The van der Waals surface area contributed by atoms with E-state index in [4.69, 9.17) is 40.9 Å². The summed E-state index contributed by atoms with van der Waals surface area (Å²) in [5.74, 6) is 2.82. The van der Waals surface area contributed by atoms with Crippen LogP contribution in [0.5, 0.6) is 23.0 Å². The highest BCUT2D eigenvalue weighted by atomic mass is 32.2. The van der Waals surface area contributed by atoms with Gasteiger partial charge in [-0.15, -0.1) is 0 Å². The van der Waals surface area contributed by atoms with Gasteiger partial charge in [-0.3, -0.25) is 14.4 Å². The number of benzene rings is 2. The fraction of sp³-hybridized carbons (Fsp3) is 0.326. The van der Waals surface area contributed by atoms with E-state index in [1.54, 1.807) is 52.3 Å². The number of rotatable bonds is 11. The predicted octanol–water partition coefficient (Wildman–Crippen LogP) is 3.91. The minimum absolute atomic E-state index is 0.0504. The Kier molecular flexibility index (Phi) is 17.6. The molecule has 0 saturated heterocycles. The molecule has 2 aliphatic heterocycles. The Morgan fingerprint density at radius 1 is 0.635 bits per heavy atom. The summed E-state index contributed by atoms with van der Waals surface area (Å²) in [4.78, 5) is 48.1. The lowest BCUT2D eigenvalue weighted by atomic mass is 9.99. The van der Waals surface area contributed by atoms with Gasteiger partial charge in [-0.1, -0.05) is 23.5 Å².